The fraction of sp³-hybridized carbons (Fsp3) is 0. The molecule has 0 atom stereocenters. The zero-order valence-corrected chi connectivity index (χ0v) is 21.5. The molecule has 0 aliphatic carbocycles. The Morgan fingerprint density at radius 3 is 2.00 bits per heavy atom. The summed E-state index contributed by atoms with van der Waals surface area (Å²) in [6, 6.07) is 43.4. The van der Waals surface area contributed by atoms with Crippen LogP contribution in [0, 0.1) is 0 Å². The minimum absolute atomic E-state index is 0.902. The Labute approximate surface area is 229 Å². The van der Waals surface area contributed by atoms with Crippen LogP contribution in [0.5, 0.6) is 0 Å². The number of hydrogen-bond donors (Lipinski definition) is 0. The second-order valence-electron chi connectivity index (χ2n) is 10.3. The summed E-state index contributed by atoms with van der Waals surface area (Å²) in [4.78, 5) is 9.32. The van der Waals surface area contributed by atoms with Crippen molar-refractivity contribution in [2.24, 2.45) is 0 Å². The van der Waals surface area contributed by atoms with E-state index in [1.165, 1.54) is 48.9 Å². The SMILES string of the molecule is c1cc(-c2ccncc2)nc(-n2c3ccccc3c3cc4c(cc32)c2ccccc2n2c3ccccc3cc42)c1. The fourth-order valence-corrected chi connectivity index (χ4v) is 6.44. The summed E-state index contributed by atoms with van der Waals surface area (Å²) in [6.45, 7) is 0. The van der Waals surface area contributed by atoms with Crippen molar-refractivity contribution in [1.29, 1.82) is 0 Å². The standard InChI is InChI=1S/C36H22N4/c1-4-12-31-24(8-1)20-34-29-21-28-26-10-3-6-14-33(26)40(36-15-7-11-30(38-36)23-16-18-37-19-17-23)35(28)22-27(29)25-9-2-5-13-32(25)39(31)34/h1-22H. The van der Waals surface area contributed by atoms with Gasteiger partial charge in [-0.25, -0.2) is 4.98 Å². The van der Waals surface area contributed by atoms with Crippen LogP contribution < -0.4 is 0 Å². The number of fused-ring (bicyclic) bond motifs is 11. The minimum atomic E-state index is 0.902. The third kappa shape index (κ3) is 2.90. The highest BCUT2D eigenvalue weighted by Crippen LogP contribution is 2.40. The summed E-state index contributed by atoms with van der Waals surface area (Å²) in [7, 11) is 0. The van der Waals surface area contributed by atoms with Crippen molar-refractivity contribution in [3.63, 3.8) is 0 Å². The van der Waals surface area contributed by atoms with Crippen LogP contribution in [0.15, 0.2) is 134 Å². The van der Waals surface area contributed by atoms with Gasteiger partial charge in [0, 0.05) is 44.9 Å². The maximum absolute atomic E-state index is 5.14. The van der Waals surface area contributed by atoms with E-state index < -0.39 is 0 Å². The summed E-state index contributed by atoms with van der Waals surface area (Å²) in [6.07, 6.45) is 3.63. The van der Waals surface area contributed by atoms with Crippen LogP contribution in [0.25, 0.3) is 77.0 Å². The Balaban J connectivity index is 1.45. The van der Waals surface area contributed by atoms with Gasteiger partial charge in [-0.15, -0.1) is 0 Å². The van der Waals surface area contributed by atoms with Crippen LogP contribution >= 0.6 is 0 Å². The molecule has 9 aromatic rings. The minimum Gasteiger partial charge on any atom is -0.309 e. The molecule has 0 amide bonds. The first kappa shape index (κ1) is 21.5. The summed E-state index contributed by atoms with van der Waals surface area (Å²) in [5.74, 6) is 0.902. The van der Waals surface area contributed by atoms with Crippen LogP contribution in [-0.4, -0.2) is 18.9 Å². The zero-order chi connectivity index (χ0) is 26.2. The number of benzene rings is 4. The van der Waals surface area contributed by atoms with Crippen molar-refractivity contribution < 1.29 is 0 Å². The third-order valence-electron chi connectivity index (χ3n) is 8.17. The lowest BCUT2D eigenvalue weighted by Crippen LogP contribution is -1.98. The van der Waals surface area contributed by atoms with E-state index in [1.807, 2.05) is 24.5 Å². The molecule has 0 aliphatic rings. The van der Waals surface area contributed by atoms with Crippen molar-refractivity contribution >= 4 is 59.9 Å². The molecule has 4 aromatic carbocycles. The molecular weight excluding hydrogens is 488 g/mol. The summed E-state index contributed by atoms with van der Waals surface area (Å²) in [5.41, 5.74) is 7.95. The molecule has 0 saturated heterocycles. The molecule has 5 aromatic heterocycles. The van der Waals surface area contributed by atoms with Gasteiger partial charge in [0.05, 0.1) is 33.3 Å². The average Bonchev–Trinajstić information content (AvgIpc) is 3.57. The van der Waals surface area contributed by atoms with Crippen LogP contribution in [0.1, 0.15) is 0 Å². The highest BCUT2D eigenvalue weighted by molar-refractivity contribution is 6.22. The second-order valence-corrected chi connectivity index (χ2v) is 10.3. The number of rotatable bonds is 2. The average molecular weight is 511 g/mol. The van der Waals surface area contributed by atoms with Crippen molar-refractivity contribution in [3.05, 3.63) is 134 Å². The molecule has 186 valence electrons. The normalized spacial score (nSPS) is 12.0. The van der Waals surface area contributed by atoms with Gasteiger partial charge in [-0.3, -0.25) is 9.55 Å². The summed E-state index contributed by atoms with van der Waals surface area (Å²) in [5, 5.41) is 7.43. The Morgan fingerprint density at radius 1 is 0.450 bits per heavy atom. The predicted molar refractivity (Wildman–Crippen MR) is 165 cm³/mol. The first-order chi connectivity index (χ1) is 19.8. The molecule has 0 bridgehead atoms. The first-order valence-corrected chi connectivity index (χ1v) is 13.5. The van der Waals surface area contributed by atoms with Gasteiger partial charge in [0.2, 0.25) is 0 Å². The Hall–Kier alpha value is -5.48. The van der Waals surface area contributed by atoms with Crippen molar-refractivity contribution in [3.8, 4) is 17.1 Å². The maximum atomic E-state index is 5.14. The van der Waals surface area contributed by atoms with E-state index in [0.717, 1.165) is 28.1 Å². The maximum Gasteiger partial charge on any atom is 0.138 e. The molecule has 4 heteroatoms. The molecule has 5 heterocycles. The van der Waals surface area contributed by atoms with Gasteiger partial charge in [-0.2, -0.15) is 0 Å². The van der Waals surface area contributed by atoms with E-state index in [9.17, 15) is 0 Å². The predicted octanol–water partition coefficient (Wildman–Crippen LogP) is 8.95. The Bertz CT molecular complexity index is 2430. The van der Waals surface area contributed by atoms with Gasteiger partial charge in [0.1, 0.15) is 5.82 Å². The number of aromatic nitrogens is 4. The monoisotopic (exact) mass is 510 g/mol. The van der Waals surface area contributed by atoms with Crippen molar-refractivity contribution in [2.75, 3.05) is 0 Å². The van der Waals surface area contributed by atoms with Crippen LogP contribution in [0.4, 0.5) is 0 Å². The molecular formula is C36H22N4. The van der Waals surface area contributed by atoms with Gasteiger partial charge in [0.15, 0.2) is 0 Å². The molecule has 0 spiro atoms. The van der Waals surface area contributed by atoms with E-state index in [4.69, 9.17) is 4.98 Å². The molecule has 40 heavy (non-hydrogen) atoms. The first-order valence-electron chi connectivity index (χ1n) is 13.5. The van der Waals surface area contributed by atoms with Gasteiger partial charge >= 0.3 is 0 Å². The van der Waals surface area contributed by atoms with E-state index in [1.54, 1.807) is 0 Å². The van der Waals surface area contributed by atoms with Gasteiger partial charge in [-0.1, -0.05) is 60.7 Å². The third-order valence-corrected chi connectivity index (χ3v) is 8.17. The van der Waals surface area contributed by atoms with Crippen LogP contribution in [0.2, 0.25) is 0 Å². The molecule has 0 radical (unpaired) electrons. The largest absolute Gasteiger partial charge is 0.309 e. The number of pyridine rings is 3. The summed E-state index contributed by atoms with van der Waals surface area (Å²) < 4.78 is 4.72. The highest BCUT2D eigenvalue weighted by Gasteiger charge is 2.18. The van der Waals surface area contributed by atoms with Crippen molar-refractivity contribution in [2.45, 2.75) is 0 Å². The van der Waals surface area contributed by atoms with Gasteiger partial charge < -0.3 is 4.40 Å². The smallest absolute Gasteiger partial charge is 0.138 e. The number of nitrogens with zero attached hydrogens (tertiary/aromatic N) is 4. The molecule has 0 unspecified atom stereocenters. The molecule has 0 N–H and O–H groups in total. The highest BCUT2D eigenvalue weighted by atomic mass is 15.1. The molecule has 0 fully saturated rings. The number of hydrogen-bond acceptors (Lipinski definition) is 2. The molecule has 4 nitrogen and oxygen atoms in total. The molecule has 0 aliphatic heterocycles. The van der Waals surface area contributed by atoms with E-state index in [-0.39, 0.29) is 0 Å². The Morgan fingerprint density at radius 2 is 1.15 bits per heavy atom. The second kappa shape index (κ2) is 8.01. The molecule has 0 saturated carbocycles. The molecule has 9 rings (SSSR count). The van der Waals surface area contributed by atoms with E-state index in [0.29, 0.717) is 0 Å². The van der Waals surface area contributed by atoms with Crippen LogP contribution in [0.3, 0.4) is 0 Å². The lowest BCUT2D eigenvalue weighted by atomic mass is 10.0. The fourth-order valence-electron chi connectivity index (χ4n) is 6.44. The number of para-hydroxylation sites is 3. The Kier molecular flexibility index (Phi) is 4.30. The zero-order valence-electron chi connectivity index (χ0n) is 21.5. The van der Waals surface area contributed by atoms with E-state index in [2.05, 4.69) is 123 Å². The topological polar surface area (TPSA) is 35.1 Å². The lowest BCUT2D eigenvalue weighted by molar-refractivity contribution is 1.08. The lowest BCUT2D eigenvalue weighted by Gasteiger charge is -2.12. The van der Waals surface area contributed by atoms with Gasteiger partial charge in [-0.05, 0) is 66.0 Å². The quantitative estimate of drug-likeness (QED) is 0.218. The van der Waals surface area contributed by atoms with Crippen LogP contribution in [-0.2, 0) is 0 Å². The van der Waals surface area contributed by atoms with E-state index >= 15 is 0 Å². The van der Waals surface area contributed by atoms with Gasteiger partial charge in [0.25, 0.3) is 0 Å². The van der Waals surface area contributed by atoms with Crippen molar-refractivity contribution in [1.82, 2.24) is 18.9 Å². The summed E-state index contributed by atoms with van der Waals surface area (Å²) >= 11 is 0.